The summed E-state index contributed by atoms with van der Waals surface area (Å²) in [6.07, 6.45) is -4.40. The van der Waals surface area contributed by atoms with E-state index in [1.165, 1.54) is 18.0 Å². The minimum Gasteiger partial charge on any atom is -0.387 e. The number of aliphatic hydroxyl groups excluding tert-OH is 2. The summed E-state index contributed by atoms with van der Waals surface area (Å²) in [5.74, 6) is 0.737. The molecule has 1 aliphatic rings. The van der Waals surface area contributed by atoms with Gasteiger partial charge in [-0.05, 0) is 17.5 Å². The summed E-state index contributed by atoms with van der Waals surface area (Å²) in [5.41, 5.74) is 0.245. The van der Waals surface area contributed by atoms with Gasteiger partial charge in [-0.15, -0.1) is 10.2 Å². The Morgan fingerprint density at radius 2 is 2.08 bits per heavy atom. The Balaban J connectivity index is 1.57. The lowest BCUT2D eigenvalue weighted by molar-refractivity contribution is -0.113. The van der Waals surface area contributed by atoms with Gasteiger partial charge in [-0.2, -0.15) is 20.3 Å². The molecule has 3 aromatic heterocycles. The van der Waals surface area contributed by atoms with Crippen LogP contribution >= 0.6 is 19.2 Å². The monoisotopic (exact) mass is 577 g/mol. The number of H-pyrrole nitrogens is 1. The number of aliphatic hydroxyl groups is 2. The molecule has 0 spiro atoms. The fourth-order valence-electron chi connectivity index (χ4n) is 3.97. The first-order valence-corrected chi connectivity index (χ1v) is 13.5. The summed E-state index contributed by atoms with van der Waals surface area (Å²) in [4.78, 5) is 28.7. The van der Waals surface area contributed by atoms with E-state index in [4.69, 9.17) is 25.8 Å². The predicted molar refractivity (Wildman–Crippen MR) is 130 cm³/mol. The average molecular weight is 578 g/mol. The molecule has 19 heteroatoms. The smallest absolute Gasteiger partial charge is 0.359 e. The molecule has 4 rings (SSSR count). The quantitative estimate of drug-likeness (QED) is 0.117. The number of methoxy groups -OCH3 is 1. The van der Waals surface area contributed by atoms with Crippen molar-refractivity contribution >= 4 is 36.0 Å². The van der Waals surface area contributed by atoms with E-state index in [1.807, 2.05) is 13.8 Å². The maximum atomic E-state index is 12.5. The van der Waals surface area contributed by atoms with Gasteiger partial charge < -0.3 is 39.5 Å². The lowest BCUT2D eigenvalue weighted by Gasteiger charge is -2.33. The topological polar surface area (TPSA) is 236 Å². The molecule has 1 unspecified atom stereocenters. The highest BCUT2D eigenvalue weighted by Crippen LogP contribution is 2.53. The van der Waals surface area contributed by atoms with Gasteiger partial charge in [0.1, 0.15) is 24.1 Å². The van der Waals surface area contributed by atoms with Crippen molar-refractivity contribution in [3.8, 4) is 0 Å². The Bertz CT molecular complexity index is 1270. The highest BCUT2D eigenvalue weighted by Gasteiger charge is 2.52. The fourth-order valence-corrected chi connectivity index (χ4v) is 5.02. The number of halogens is 1. The van der Waals surface area contributed by atoms with Crippen LogP contribution in [0.25, 0.3) is 11.0 Å². The van der Waals surface area contributed by atoms with Gasteiger partial charge in [0.15, 0.2) is 23.0 Å². The largest absolute Gasteiger partial charge is 0.387 e. The normalized spacial score (nSPS) is 23.8. The molecule has 38 heavy (non-hydrogen) atoms. The fraction of sp³-hybridized carbons (Fsp3) is 0.684. The zero-order valence-electron chi connectivity index (χ0n) is 20.7. The van der Waals surface area contributed by atoms with Crippen LogP contribution in [-0.4, -0.2) is 111 Å². The zero-order valence-corrected chi connectivity index (χ0v) is 22.3. The second kappa shape index (κ2) is 11.4. The first kappa shape index (κ1) is 28.7. The molecule has 1 fully saturated rings. The van der Waals surface area contributed by atoms with E-state index in [-0.39, 0.29) is 16.8 Å². The molecule has 6 N–H and O–H groups in total. The van der Waals surface area contributed by atoms with Crippen LogP contribution in [0.5, 0.6) is 0 Å². The van der Waals surface area contributed by atoms with E-state index in [0.29, 0.717) is 23.7 Å². The van der Waals surface area contributed by atoms with E-state index in [2.05, 4.69) is 41.0 Å². The molecule has 210 valence electrons. The van der Waals surface area contributed by atoms with Gasteiger partial charge in [-0.25, -0.2) is 4.68 Å². The molecule has 17 nitrogen and oxygen atoms in total. The van der Waals surface area contributed by atoms with Crippen molar-refractivity contribution in [1.82, 2.24) is 40.4 Å². The van der Waals surface area contributed by atoms with Gasteiger partial charge in [-0.3, -0.25) is 4.57 Å². The molecule has 3 aromatic rings. The van der Waals surface area contributed by atoms with Crippen LogP contribution in [0, 0.1) is 5.92 Å². The molecule has 0 radical (unpaired) electrons. The van der Waals surface area contributed by atoms with Crippen molar-refractivity contribution in [3.63, 3.8) is 0 Å². The van der Waals surface area contributed by atoms with Crippen LogP contribution < -0.4 is 5.32 Å². The number of hydrogen-bond acceptors (Lipinski definition) is 13. The number of aromatic amines is 1. The van der Waals surface area contributed by atoms with Crippen molar-refractivity contribution < 1.29 is 38.8 Å². The Labute approximate surface area is 221 Å². The highest BCUT2D eigenvalue weighted by atomic mass is 35.5. The summed E-state index contributed by atoms with van der Waals surface area (Å²) in [6.45, 7) is 3.60. The lowest BCUT2D eigenvalue weighted by Crippen LogP contribution is -2.44. The molecule has 0 saturated carbocycles. The number of rotatable bonds is 12. The van der Waals surface area contributed by atoms with E-state index in [1.54, 1.807) is 0 Å². The number of aromatic nitrogens is 8. The molecular weight excluding hydrogens is 549 g/mol. The SMILES string of the molecule is COCC(Cc1nn[nH]n1)(OC[C@H]1O[C@@H](n2ncc3c(NCC(C)C)nc(Cl)nc32)[C@H](O)[C@@H]1O)P(=O)(O)O. The van der Waals surface area contributed by atoms with Gasteiger partial charge in [0.2, 0.25) is 5.28 Å². The number of fused-ring (bicyclic) bond motifs is 1. The number of hydrogen-bond donors (Lipinski definition) is 6. The first-order valence-electron chi connectivity index (χ1n) is 11.5. The van der Waals surface area contributed by atoms with Gasteiger partial charge in [0.25, 0.3) is 0 Å². The Kier molecular flexibility index (Phi) is 8.61. The third-order valence-electron chi connectivity index (χ3n) is 5.92. The van der Waals surface area contributed by atoms with Crippen LogP contribution in [-0.2, 0) is 25.2 Å². The molecular formula is C19H29ClN9O8P. The van der Waals surface area contributed by atoms with Gasteiger partial charge in [-0.1, -0.05) is 19.1 Å². The van der Waals surface area contributed by atoms with Crippen LogP contribution in [0.15, 0.2) is 6.20 Å². The third-order valence-corrected chi connectivity index (χ3v) is 7.57. The zero-order chi connectivity index (χ0) is 27.7. The summed E-state index contributed by atoms with van der Waals surface area (Å²) < 4.78 is 30.3. The molecule has 1 aliphatic heterocycles. The van der Waals surface area contributed by atoms with Gasteiger partial charge >= 0.3 is 7.60 Å². The van der Waals surface area contributed by atoms with E-state index >= 15 is 0 Å². The summed E-state index contributed by atoms with van der Waals surface area (Å²) >= 11 is 6.12. The molecule has 4 heterocycles. The number of tetrazole rings is 1. The minimum absolute atomic E-state index is 0.0300. The van der Waals surface area contributed by atoms with E-state index in [9.17, 15) is 24.6 Å². The standard InChI is InChI=1S/C19H29ClN9O8P/c1-9(2)5-21-15-10-6-22-29(16(10)24-18(20)23-15)17-14(31)13(30)11(37-17)7-36-19(8-35-3,38(32,33)34)4-12-25-27-28-26-12/h6,9,11,13-14,17,30-31H,4-5,7-8H2,1-3H3,(H,21,23,24)(H2,32,33,34)(H,25,26,27,28)/t11-,13-,14-,17-,19?/m1/s1. The second-order valence-electron chi connectivity index (χ2n) is 9.23. The average Bonchev–Trinajstić information content (AvgIpc) is 3.56. The van der Waals surface area contributed by atoms with Crippen molar-refractivity contribution in [2.45, 2.75) is 50.2 Å². The molecule has 0 aromatic carbocycles. The van der Waals surface area contributed by atoms with Crippen LogP contribution in [0.1, 0.15) is 25.9 Å². The minimum atomic E-state index is -5.00. The molecule has 1 saturated heterocycles. The maximum Gasteiger partial charge on any atom is 0.359 e. The van der Waals surface area contributed by atoms with Crippen LogP contribution in [0.3, 0.4) is 0 Å². The van der Waals surface area contributed by atoms with Gasteiger partial charge in [0, 0.05) is 13.7 Å². The Morgan fingerprint density at radius 1 is 1.32 bits per heavy atom. The van der Waals surface area contributed by atoms with E-state index < -0.39 is 57.1 Å². The Hall–Kier alpha value is -2.34. The Morgan fingerprint density at radius 3 is 2.71 bits per heavy atom. The van der Waals surface area contributed by atoms with Crippen LogP contribution in [0.2, 0.25) is 5.28 Å². The van der Waals surface area contributed by atoms with Crippen molar-refractivity contribution in [2.75, 3.05) is 32.2 Å². The number of ether oxygens (including phenoxy) is 3. The molecule has 5 atom stereocenters. The number of anilines is 1. The summed E-state index contributed by atoms with van der Waals surface area (Å²) in [6, 6.07) is 0. The highest BCUT2D eigenvalue weighted by molar-refractivity contribution is 7.53. The maximum absolute atomic E-state index is 12.5. The number of nitrogens with one attached hydrogen (secondary N) is 2. The molecule has 0 amide bonds. The van der Waals surface area contributed by atoms with Crippen molar-refractivity contribution in [2.24, 2.45) is 5.92 Å². The lowest BCUT2D eigenvalue weighted by atomic mass is 10.1. The molecule has 0 bridgehead atoms. The van der Waals surface area contributed by atoms with Crippen molar-refractivity contribution in [3.05, 3.63) is 17.3 Å². The van der Waals surface area contributed by atoms with E-state index in [0.717, 1.165) is 0 Å². The van der Waals surface area contributed by atoms with Crippen molar-refractivity contribution in [1.29, 1.82) is 0 Å². The first-order chi connectivity index (χ1) is 18.0. The second-order valence-corrected chi connectivity index (χ2v) is 11.5. The third kappa shape index (κ3) is 5.80. The predicted octanol–water partition coefficient (Wildman–Crippen LogP) is -0.540. The van der Waals surface area contributed by atoms with Gasteiger partial charge in [0.05, 0.1) is 31.2 Å². The summed E-state index contributed by atoms with van der Waals surface area (Å²) in [7, 11) is -3.76. The van der Waals surface area contributed by atoms with Crippen LogP contribution in [0.4, 0.5) is 5.82 Å². The summed E-state index contributed by atoms with van der Waals surface area (Å²) in [5, 5.41) is 40.2. The molecule has 0 aliphatic carbocycles. The number of nitrogens with zero attached hydrogens (tertiary/aromatic N) is 7.